The summed E-state index contributed by atoms with van der Waals surface area (Å²) in [6, 6.07) is 5.38. The summed E-state index contributed by atoms with van der Waals surface area (Å²) >= 11 is 3.28. The van der Waals surface area contributed by atoms with E-state index in [0.717, 1.165) is 0 Å². The first kappa shape index (κ1) is 21.6. The Morgan fingerprint density at radius 1 is 1.22 bits per heavy atom. The number of carbonyl (C=O) groups excluding carboxylic acids is 1. The fourth-order valence-corrected chi connectivity index (χ4v) is 3.58. The first-order valence-corrected chi connectivity index (χ1v) is 10.9. The van der Waals surface area contributed by atoms with Crippen LogP contribution in [0.15, 0.2) is 36.7 Å². The first-order chi connectivity index (χ1) is 15.5. The van der Waals surface area contributed by atoms with E-state index < -0.39 is 0 Å². The van der Waals surface area contributed by atoms with E-state index in [0.29, 0.717) is 58.0 Å². The number of alkyl halides is 1. The molecule has 1 amide bonds. The van der Waals surface area contributed by atoms with Crippen molar-refractivity contribution in [3.63, 3.8) is 0 Å². The van der Waals surface area contributed by atoms with Crippen molar-refractivity contribution in [2.75, 3.05) is 38.4 Å². The van der Waals surface area contributed by atoms with Crippen molar-refractivity contribution in [3.8, 4) is 23.3 Å². The van der Waals surface area contributed by atoms with E-state index >= 15 is 0 Å². The second-order valence-corrected chi connectivity index (χ2v) is 7.70. The molecule has 32 heavy (non-hydrogen) atoms. The van der Waals surface area contributed by atoms with Gasteiger partial charge in [-0.3, -0.25) is 4.79 Å². The Morgan fingerprint density at radius 2 is 1.94 bits per heavy atom. The van der Waals surface area contributed by atoms with Gasteiger partial charge >= 0.3 is 0 Å². The van der Waals surface area contributed by atoms with Crippen LogP contribution in [0.3, 0.4) is 0 Å². The number of halogens is 1. The molecule has 0 bridgehead atoms. The molecule has 0 unspecified atom stereocenters. The number of methoxy groups -OCH3 is 2. The fourth-order valence-electron chi connectivity index (χ4n) is 3.39. The van der Waals surface area contributed by atoms with Crippen molar-refractivity contribution < 1.29 is 14.3 Å². The zero-order valence-corrected chi connectivity index (χ0v) is 19.2. The van der Waals surface area contributed by atoms with Gasteiger partial charge in [0.15, 0.2) is 5.65 Å². The van der Waals surface area contributed by atoms with Crippen molar-refractivity contribution in [1.82, 2.24) is 24.6 Å². The molecule has 9 nitrogen and oxygen atoms in total. The van der Waals surface area contributed by atoms with Crippen LogP contribution in [0.25, 0.3) is 11.0 Å². The molecule has 0 aliphatic carbocycles. The van der Waals surface area contributed by atoms with Crippen molar-refractivity contribution in [2.45, 2.75) is 6.04 Å². The molecule has 0 spiro atoms. The summed E-state index contributed by atoms with van der Waals surface area (Å²) in [6.45, 7) is 1.07. The number of likely N-dealkylation sites (tertiary alicyclic amines) is 1. The van der Waals surface area contributed by atoms with Gasteiger partial charge in [-0.25, -0.2) is 14.6 Å². The minimum atomic E-state index is -0.0294. The summed E-state index contributed by atoms with van der Waals surface area (Å²) in [5, 5.41) is 5.90. The van der Waals surface area contributed by atoms with Crippen LogP contribution in [0, 0.1) is 11.8 Å². The van der Waals surface area contributed by atoms with Gasteiger partial charge in [-0.1, -0.05) is 27.9 Å². The Bertz CT molecular complexity index is 1230. The van der Waals surface area contributed by atoms with Crippen molar-refractivity contribution in [2.24, 2.45) is 0 Å². The number of rotatable bonds is 5. The quantitative estimate of drug-likeness (QED) is 0.327. The number of carbonyl (C=O) groups is 1. The van der Waals surface area contributed by atoms with Crippen LogP contribution in [0.4, 0.5) is 5.82 Å². The molecule has 2 N–H and O–H groups in total. The van der Waals surface area contributed by atoms with Gasteiger partial charge in [0, 0.05) is 30.0 Å². The molecule has 0 atom stereocenters. The van der Waals surface area contributed by atoms with Gasteiger partial charge in [0.25, 0.3) is 0 Å². The smallest absolute Gasteiger partial charge is 0.246 e. The summed E-state index contributed by atoms with van der Waals surface area (Å²) < 4.78 is 12.4. The van der Waals surface area contributed by atoms with E-state index in [1.807, 2.05) is 12.1 Å². The van der Waals surface area contributed by atoms with Crippen LogP contribution in [0.2, 0.25) is 0 Å². The van der Waals surface area contributed by atoms with Crippen molar-refractivity contribution >= 4 is 38.7 Å². The van der Waals surface area contributed by atoms with E-state index in [9.17, 15) is 4.79 Å². The molecule has 10 heteroatoms. The number of nitrogens with two attached hydrogens (primary N) is 1. The molecule has 0 saturated carbocycles. The molecule has 1 aromatic carbocycles. The number of allylic oxidation sites excluding steroid dienone is 1. The second kappa shape index (κ2) is 9.28. The zero-order valence-electron chi connectivity index (χ0n) is 17.6. The Balaban J connectivity index is 1.66. The van der Waals surface area contributed by atoms with Crippen LogP contribution in [0.5, 0.6) is 11.5 Å². The minimum Gasteiger partial charge on any atom is -0.497 e. The van der Waals surface area contributed by atoms with Crippen LogP contribution in [-0.4, -0.2) is 63.2 Å². The standard InChI is InChI=1S/C22H21BrN6O3/c1-31-16-8-14(9-17(10-16)32-2)5-6-18-20-21(24)25-13-26-22(20)29(27-18)15-11-28(12-15)19(30)4-3-7-23/h3-4,8-10,13,15H,7,11-12H2,1-2H3,(H2,24,25,26)/b4-3+. The van der Waals surface area contributed by atoms with Gasteiger partial charge in [0.1, 0.15) is 29.3 Å². The molecular formula is C22H21BrN6O3. The summed E-state index contributed by atoms with van der Waals surface area (Å²) in [7, 11) is 3.17. The highest BCUT2D eigenvalue weighted by molar-refractivity contribution is 9.09. The number of aromatic nitrogens is 4. The van der Waals surface area contributed by atoms with E-state index in [1.54, 1.807) is 42.0 Å². The molecule has 0 radical (unpaired) electrons. The minimum absolute atomic E-state index is 0.0133. The van der Waals surface area contributed by atoms with Crippen molar-refractivity contribution in [3.05, 3.63) is 47.9 Å². The molecule has 1 saturated heterocycles. The lowest BCUT2D eigenvalue weighted by molar-refractivity contribution is -0.131. The highest BCUT2D eigenvalue weighted by Gasteiger charge is 2.33. The third-order valence-corrected chi connectivity index (χ3v) is 5.44. The normalized spacial score (nSPS) is 13.7. The number of anilines is 1. The Morgan fingerprint density at radius 3 is 2.59 bits per heavy atom. The highest BCUT2D eigenvalue weighted by Crippen LogP contribution is 2.28. The van der Waals surface area contributed by atoms with Gasteiger partial charge in [0.2, 0.25) is 5.91 Å². The number of ether oxygens (including phenoxy) is 2. The van der Waals surface area contributed by atoms with E-state index in [4.69, 9.17) is 15.2 Å². The highest BCUT2D eigenvalue weighted by atomic mass is 79.9. The van der Waals surface area contributed by atoms with Crippen LogP contribution >= 0.6 is 15.9 Å². The predicted molar refractivity (Wildman–Crippen MR) is 124 cm³/mol. The number of amides is 1. The molecule has 1 fully saturated rings. The molecule has 164 valence electrons. The molecule has 3 aromatic rings. The third-order valence-electron chi connectivity index (χ3n) is 5.06. The maximum Gasteiger partial charge on any atom is 0.246 e. The van der Waals surface area contributed by atoms with Gasteiger partial charge in [-0.05, 0) is 24.1 Å². The maximum atomic E-state index is 12.1. The van der Waals surface area contributed by atoms with Crippen LogP contribution in [0.1, 0.15) is 17.3 Å². The fraction of sp³-hybridized carbons (Fsp3) is 0.273. The molecule has 3 heterocycles. The second-order valence-electron chi connectivity index (χ2n) is 7.06. The maximum absolute atomic E-state index is 12.1. The molecular weight excluding hydrogens is 476 g/mol. The van der Waals surface area contributed by atoms with Gasteiger partial charge in [0.05, 0.1) is 25.6 Å². The summed E-state index contributed by atoms with van der Waals surface area (Å²) in [5.74, 6) is 7.73. The topological polar surface area (TPSA) is 108 Å². The van der Waals surface area contributed by atoms with Crippen LogP contribution in [-0.2, 0) is 4.79 Å². The van der Waals surface area contributed by atoms with Crippen LogP contribution < -0.4 is 15.2 Å². The largest absolute Gasteiger partial charge is 0.497 e. The van der Waals surface area contributed by atoms with Gasteiger partial charge < -0.3 is 20.1 Å². The lowest BCUT2D eigenvalue weighted by atomic mass is 10.1. The lowest BCUT2D eigenvalue weighted by Gasteiger charge is -2.38. The zero-order chi connectivity index (χ0) is 22.7. The van der Waals surface area contributed by atoms with Gasteiger partial charge in [-0.15, -0.1) is 0 Å². The lowest BCUT2D eigenvalue weighted by Crippen LogP contribution is -2.50. The van der Waals surface area contributed by atoms with Gasteiger partial charge in [-0.2, -0.15) is 5.10 Å². The molecule has 1 aliphatic heterocycles. The monoisotopic (exact) mass is 496 g/mol. The SMILES string of the molecule is COc1cc(C#Cc2nn(C3CN(C(=O)/C=C/CBr)C3)c3ncnc(N)c23)cc(OC)c1. The number of benzene rings is 1. The Labute approximate surface area is 193 Å². The van der Waals surface area contributed by atoms with Crippen molar-refractivity contribution in [1.29, 1.82) is 0 Å². The Kier molecular flexibility index (Phi) is 6.28. The van der Waals surface area contributed by atoms with E-state index in [1.165, 1.54) is 6.33 Å². The Hall–Kier alpha value is -3.58. The molecule has 4 rings (SSSR count). The number of hydrogen-bond donors (Lipinski definition) is 1. The molecule has 1 aliphatic rings. The third kappa shape index (κ3) is 4.24. The van der Waals surface area contributed by atoms with E-state index in [2.05, 4.69) is 42.8 Å². The molecule has 2 aromatic heterocycles. The number of nitrogens with zero attached hydrogens (tertiary/aromatic N) is 5. The summed E-state index contributed by atoms with van der Waals surface area (Å²) in [5.41, 5.74) is 7.91. The summed E-state index contributed by atoms with van der Waals surface area (Å²) in [6.07, 6.45) is 4.74. The first-order valence-electron chi connectivity index (χ1n) is 9.79. The predicted octanol–water partition coefficient (Wildman–Crippen LogP) is 2.16. The number of nitrogen functional groups attached to an aromatic ring is 1. The average Bonchev–Trinajstić information content (AvgIpc) is 3.14. The number of fused-ring (bicyclic) bond motifs is 1. The average molecular weight is 497 g/mol. The van der Waals surface area contributed by atoms with E-state index in [-0.39, 0.29) is 11.9 Å². The number of hydrogen-bond acceptors (Lipinski definition) is 7. The summed E-state index contributed by atoms with van der Waals surface area (Å²) in [4.78, 5) is 22.4.